The molecule has 0 bridgehead atoms. The van der Waals surface area contributed by atoms with Crippen LogP contribution in [0.25, 0.3) is 0 Å². The van der Waals surface area contributed by atoms with Gasteiger partial charge in [0.25, 0.3) is 0 Å². The Bertz CT molecular complexity index is 240. The predicted molar refractivity (Wildman–Crippen MR) is 56.4 cm³/mol. The van der Waals surface area contributed by atoms with Gasteiger partial charge in [-0.25, -0.2) is 0 Å². The van der Waals surface area contributed by atoms with Gasteiger partial charge >= 0.3 is 0 Å². The van der Waals surface area contributed by atoms with Crippen molar-refractivity contribution in [3.63, 3.8) is 0 Å². The van der Waals surface area contributed by atoms with Gasteiger partial charge in [-0.15, -0.1) is 6.58 Å². The zero-order valence-electron chi connectivity index (χ0n) is 9.16. The monoisotopic (exact) mass is 194 g/mol. The van der Waals surface area contributed by atoms with E-state index in [-0.39, 0.29) is 11.8 Å². The van der Waals surface area contributed by atoms with Gasteiger partial charge in [-0.1, -0.05) is 19.9 Å². The van der Waals surface area contributed by atoms with Crippen molar-refractivity contribution in [3.8, 4) is 6.07 Å². The van der Waals surface area contributed by atoms with Crippen LogP contribution in [0.1, 0.15) is 20.8 Å². The number of amides is 1. The van der Waals surface area contributed by atoms with Crippen molar-refractivity contribution in [2.75, 3.05) is 13.1 Å². The van der Waals surface area contributed by atoms with Gasteiger partial charge in [0.05, 0.1) is 6.07 Å². The second-order valence-electron chi connectivity index (χ2n) is 3.52. The number of carbonyl (C=O) groups excluding carboxylic acids is 1. The molecule has 1 unspecified atom stereocenters. The molecule has 0 rings (SSSR count). The van der Waals surface area contributed by atoms with Crippen molar-refractivity contribution < 1.29 is 4.79 Å². The lowest BCUT2D eigenvalue weighted by atomic mass is 9.96. The summed E-state index contributed by atoms with van der Waals surface area (Å²) in [4.78, 5) is 13.4. The van der Waals surface area contributed by atoms with Gasteiger partial charge in [-0.2, -0.15) is 5.26 Å². The SMILES string of the molecule is C=CCN(CC)C(=O)C(C#N)C(C)C. The van der Waals surface area contributed by atoms with Crippen LogP contribution in [0.2, 0.25) is 0 Å². The maximum Gasteiger partial charge on any atom is 0.240 e. The van der Waals surface area contributed by atoms with Crippen LogP contribution in [0, 0.1) is 23.2 Å². The Balaban J connectivity index is 4.55. The fourth-order valence-electron chi connectivity index (χ4n) is 1.22. The zero-order valence-corrected chi connectivity index (χ0v) is 9.16. The normalized spacial score (nSPS) is 11.9. The van der Waals surface area contributed by atoms with Gasteiger partial charge in [-0.05, 0) is 12.8 Å². The van der Waals surface area contributed by atoms with Crippen LogP contribution in [0.5, 0.6) is 0 Å². The molecule has 0 N–H and O–H groups in total. The first kappa shape index (κ1) is 12.7. The van der Waals surface area contributed by atoms with Gasteiger partial charge in [0.1, 0.15) is 5.92 Å². The van der Waals surface area contributed by atoms with Crippen LogP contribution >= 0.6 is 0 Å². The average Bonchev–Trinajstić information content (AvgIpc) is 2.14. The Labute approximate surface area is 86.0 Å². The van der Waals surface area contributed by atoms with Crippen LogP contribution < -0.4 is 0 Å². The van der Waals surface area contributed by atoms with E-state index in [1.54, 1.807) is 11.0 Å². The summed E-state index contributed by atoms with van der Waals surface area (Å²) in [5, 5.41) is 8.86. The topological polar surface area (TPSA) is 44.1 Å². The molecule has 14 heavy (non-hydrogen) atoms. The first-order valence-electron chi connectivity index (χ1n) is 4.87. The third-order valence-electron chi connectivity index (χ3n) is 2.11. The number of hydrogen-bond donors (Lipinski definition) is 0. The first-order chi connectivity index (χ1) is 6.58. The van der Waals surface area contributed by atoms with Crippen molar-refractivity contribution >= 4 is 5.91 Å². The molecule has 0 aliphatic heterocycles. The smallest absolute Gasteiger partial charge is 0.240 e. The standard InChI is InChI=1S/C11H18N2O/c1-5-7-13(6-2)11(14)10(8-12)9(3)4/h5,9-10H,1,6-7H2,2-4H3. The Morgan fingerprint density at radius 2 is 2.21 bits per heavy atom. The van der Waals surface area contributed by atoms with E-state index in [0.717, 1.165) is 0 Å². The molecule has 0 radical (unpaired) electrons. The van der Waals surface area contributed by atoms with Gasteiger partial charge in [0.2, 0.25) is 5.91 Å². The molecule has 0 aromatic carbocycles. The average molecular weight is 194 g/mol. The van der Waals surface area contributed by atoms with Crippen LogP contribution in [0.4, 0.5) is 0 Å². The highest BCUT2D eigenvalue weighted by molar-refractivity contribution is 5.81. The van der Waals surface area contributed by atoms with Crippen LogP contribution in [0.15, 0.2) is 12.7 Å². The van der Waals surface area contributed by atoms with Gasteiger partial charge in [-0.3, -0.25) is 4.79 Å². The predicted octanol–water partition coefficient (Wildman–Crippen LogP) is 1.82. The molecule has 0 heterocycles. The summed E-state index contributed by atoms with van der Waals surface area (Å²) in [5.41, 5.74) is 0. The zero-order chi connectivity index (χ0) is 11.1. The molecule has 0 aliphatic rings. The molecule has 0 spiro atoms. The number of hydrogen-bond acceptors (Lipinski definition) is 2. The van der Waals surface area contributed by atoms with Gasteiger partial charge in [0, 0.05) is 13.1 Å². The lowest BCUT2D eigenvalue weighted by Gasteiger charge is -2.23. The second-order valence-corrected chi connectivity index (χ2v) is 3.52. The molecular formula is C11H18N2O. The van der Waals surface area contributed by atoms with Crippen molar-refractivity contribution in [2.24, 2.45) is 11.8 Å². The lowest BCUT2D eigenvalue weighted by molar-refractivity contribution is -0.134. The van der Waals surface area contributed by atoms with Crippen molar-refractivity contribution in [2.45, 2.75) is 20.8 Å². The maximum absolute atomic E-state index is 11.8. The number of carbonyl (C=O) groups is 1. The minimum atomic E-state index is -0.533. The molecule has 3 nitrogen and oxygen atoms in total. The van der Waals surface area contributed by atoms with Gasteiger partial charge < -0.3 is 4.90 Å². The van der Waals surface area contributed by atoms with E-state index < -0.39 is 5.92 Å². The molecule has 3 heteroatoms. The van der Waals surface area contributed by atoms with E-state index in [2.05, 4.69) is 6.58 Å². The Hall–Kier alpha value is -1.30. The summed E-state index contributed by atoms with van der Waals surface area (Å²) in [6.45, 7) is 10.4. The fourth-order valence-corrected chi connectivity index (χ4v) is 1.22. The molecular weight excluding hydrogens is 176 g/mol. The Morgan fingerprint density at radius 1 is 1.64 bits per heavy atom. The number of nitrogens with zero attached hydrogens (tertiary/aromatic N) is 2. The van der Waals surface area contributed by atoms with Crippen LogP contribution in [-0.4, -0.2) is 23.9 Å². The van der Waals surface area contributed by atoms with E-state index in [0.29, 0.717) is 13.1 Å². The summed E-state index contributed by atoms with van der Waals surface area (Å²) < 4.78 is 0. The van der Waals surface area contributed by atoms with Crippen molar-refractivity contribution in [1.82, 2.24) is 4.90 Å². The molecule has 0 aromatic heterocycles. The fraction of sp³-hybridized carbons (Fsp3) is 0.636. The minimum Gasteiger partial charge on any atom is -0.338 e. The largest absolute Gasteiger partial charge is 0.338 e. The third-order valence-corrected chi connectivity index (χ3v) is 2.11. The number of likely N-dealkylation sites (N-methyl/N-ethyl adjacent to an activating group) is 1. The third kappa shape index (κ3) is 3.21. The molecule has 0 saturated carbocycles. The molecule has 78 valence electrons. The molecule has 1 amide bonds. The van der Waals surface area contributed by atoms with Crippen molar-refractivity contribution in [3.05, 3.63) is 12.7 Å². The highest BCUT2D eigenvalue weighted by Crippen LogP contribution is 2.13. The second kappa shape index (κ2) is 6.20. The van der Waals surface area contributed by atoms with E-state index in [9.17, 15) is 4.79 Å². The molecule has 0 saturated heterocycles. The molecule has 0 aromatic rings. The Kier molecular flexibility index (Phi) is 5.62. The van der Waals surface area contributed by atoms with E-state index in [1.807, 2.05) is 26.8 Å². The summed E-state index contributed by atoms with van der Waals surface area (Å²) in [7, 11) is 0. The molecule has 0 aliphatic carbocycles. The van der Waals surface area contributed by atoms with Crippen LogP contribution in [-0.2, 0) is 4.79 Å². The van der Waals surface area contributed by atoms with E-state index in [1.165, 1.54) is 0 Å². The number of nitriles is 1. The first-order valence-corrected chi connectivity index (χ1v) is 4.87. The summed E-state index contributed by atoms with van der Waals surface area (Å²) in [6.07, 6.45) is 1.68. The molecule has 1 atom stereocenters. The highest BCUT2D eigenvalue weighted by atomic mass is 16.2. The lowest BCUT2D eigenvalue weighted by Crippen LogP contribution is -2.37. The molecule has 0 fully saturated rings. The minimum absolute atomic E-state index is 0.0614. The van der Waals surface area contributed by atoms with Crippen molar-refractivity contribution in [1.29, 1.82) is 5.26 Å². The Morgan fingerprint density at radius 3 is 2.50 bits per heavy atom. The van der Waals surface area contributed by atoms with Crippen LogP contribution in [0.3, 0.4) is 0 Å². The maximum atomic E-state index is 11.8. The summed E-state index contributed by atoms with van der Waals surface area (Å²) in [6, 6.07) is 2.05. The number of rotatable bonds is 5. The summed E-state index contributed by atoms with van der Waals surface area (Å²) in [5.74, 6) is -0.564. The van der Waals surface area contributed by atoms with E-state index in [4.69, 9.17) is 5.26 Å². The quantitative estimate of drug-likeness (QED) is 0.626. The van der Waals surface area contributed by atoms with E-state index >= 15 is 0 Å². The summed E-state index contributed by atoms with van der Waals surface area (Å²) >= 11 is 0. The highest BCUT2D eigenvalue weighted by Gasteiger charge is 2.25. The van der Waals surface area contributed by atoms with Gasteiger partial charge in [0.15, 0.2) is 0 Å².